The number of phenolic OH excluding ortho intramolecular Hbond substituents is 1. The Labute approximate surface area is 219 Å². The lowest BCUT2D eigenvalue weighted by Crippen LogP contribution is -2.49. The Bertz CT molecular complexity index is 1450. The minimum atomic E-state index is -4.71. The van der Waals surface area contributed by atoms with Crippen LogP contribution in [0.3, 0.4) is 0 Å². The zero-order chi connectivity index (χ0) is 26.9. The van der Waals surface area contributed by atoms with Crippen LogP contribution in [0.5, 0.6) is 23.0 Å². The van der Waals surface area contributed by atoms with E-state index in [4.69, 9.17) is 9.47 Å². The molecule has 0 spiro atoms. The van der Waals surface area contributed by atoms with E-state index in [9.17, 15) is 27.5 Å². The molecule has 0 bridgehead atoms. The van der Waals surface area contributed by atoms with Crippen LogP contribution in [0, 0.1) is 5.92 Å². The van der Waals surface area contributed by atoms with E-state index in [1.165, 1.54) is 24.3 Å². The number of ether oxygens (including phenoxy) is 2. The van der Waals surface area contributed by atoms with E-state index in [2.05, 4.69) is 4.90 Å². The Morgan fingerprint density at radius 3 is 2.45 bits per heavy atom. The van der Waals surface area contributed by atoms with E-state index in [1.807, 2.05) is 0 Å². The molecule has 1 aromatic heterocycles. The summed E-state index contributed by atoms with van der Waals surface area (Å²) in [4.78, 5) is 15.5. The molecule has 10 heteroatoms. The lowest BCUT2D eigenvalue weighted by molar-refractivity contribution is -0.137. The van der Waals surface area contributed by atoms with Gasteiger partial charge < -0.3 is 14.6 Å². The second kappa shape index (κ2) is 10.6. The molecule has 1 N–H and O–H groups in total. The summed E-state index contributed by atoms with van der Waals surface area (Å²) in [5.41, 5.74) is -1.51. The van der Waals surface area contributed by atoms with Gasteiger partial charge in [-0.3, -0.25) is 14.1 Å². The van der Waals surface area contributed by atoms with E-state index < -0.39 is 23.1 Å². The molecule has 1 aliphatic rings. The Hall–Kier alpha value is -3.63. The third-order valence-electron chi connectivity index (χ3n) is 6.28. The number of aromatic hydroxyl groups is 1. The number of hydrogen-bond acceptors (Lipinski definition) is 6. The Morgan fingerprint density at radius 2 is 1.74 bits per heavy atom. The van der Waals surface area contributed by atoms with Crippen LogP contribution in [0.25, 0.3) is 10.1 Å². The summed E-state index contributed by atoms with van der Waals surface area (Å²) in [6.07, 6.45) is -4.71. The molecule has 1 fully saturated rings. The van der Waals surface area contributed by atoms with E-state index in [0.29, 0.717) is 34.7 Å². The number of nitrogens with zero attached hydrogens (tertiary/aromatic N) is 1. The Balaban J connectivity index is 1.38. The van der Waals surface area contributed by atoms with Crippen LogP contribution in [0.2, 0.25) is 0 Å². The average Bonchev–Trinajstić information content (AvgIpc) is 3.22. The molecule has 0 radical (unpaired) electrons. The predicted molar refractivity (Wildman–Crippen MR) is 136 cm³/mol. The maximum atomic E-state index is 13.6. The van der Waals surface area contributed by atoms with Crippen LogP contribution in [-0.2, 0) is 6.18 Å². The van der Waals surface area contributed by atoms with Gasteiger partial charge in [0.25, 0.3) is 0 Å². The Morgan fingerprint density at radius 1 is 1.03 bits per heavy atom. The zero-order valence-corrected chi connectivity index (χ0v) is 20.8. The van der Waals surface area contributed by atoms with Crippen LogP contribution in [0.15, 0.2) is 66.7 Å². The number of rotatable bonds is 9. The highest BCUT2D eigenvalue weighted by molar-refractivity contribution is 7.21. The van der Waals surface area contributed by atoms with E-state index in [0.717, 1.165) is 36.6 Å². The molecule has 0 atom stereocenters. The fourth-order valence-corrected chi connectivity index (χ4v) is 5.45. The second-order valence-electron chi connectivity index (χ2n) is 9.02. The second-order valence-corrected chi connectivity index (χ2v) is 10.1. The largest absolute Gasteiger partial charge is 0.508 e. The summed E-state index contributed by atoms with van der Waals surface area (Å²) in [6, 6.07) is 15.7. The molecule has 3 aromatic carbocycles. The fourth-order valence-electron chi connectivity index (χ4n) is 4.33. The predicted octanol–water partition coefficient (Wildman–Crippen LogP) is 6.93. The highest BCUT2D eigenvalue weighted by Gasteiger charge is 2.36. The van der Waals surface area contributed by atoms with Crippen molar-refractivity contribution in [2.45, 2.75) is 6.18 Å². The van der Waals surface area contributed by atoms with Gasteiger partial charge in [0.2, 0.25) is 5.78 Å². The SMILES string of the molecule is O=C(c1ccccc1C(F)(F)F)c1sc2cc(O)ccc2c1Oc1ccc(OCCN2CC(CF)C2)cc1. The van der Waals surface area contributed by atoms with E-state index in [-0.39, 0.29) is 29.0 Å². The molecule has 2 heterocycles. The smallest absolute Gasteiger partial charge is 0.417 e. The van der Waals surface area contributed by atoms with Gasteiger partial charge >= 0.3 is 6.18 Å². The maximum Gasteiger partial charge on any atom is 0.417 e. The molecule has 4 aromatic rings. The van der Waals surface area contributed by atoms with Gasteiger partial charge in [-0.25, -0.2) is 0 Å². The monoisotopic (exact) mass is 545 g/mol. The summed E-state index contributed by atoms with van der Waals surface area (Å²) in [5.74, 6) is 0.310. The summed E-state index contributed by atoms with van der Waals surface area (Å²) < 4.78 is 65.7. The molecule has 0 aliphatic carbocycles. The number of halogens is 4. The number of benzene rings is 3. The molecule has 0 amide bonds. The van der Waals surface area contributed by atoms with Gasteiger partial charge in [-0.15, -0.1) is 11.3 Å². The van der Waals surface area contributed by atoms with Crippen molar-refractivity contribution in [2.75, 3.05) is 32.9 Å². The topological polar surface area (TPSA) is 59.0 Å². The van der Waals surface area contributed by atoms with Crippen molar-refractivity contribution in [2.24, 2.45) is 5.92 Å². The summed E-state index contributed by atoms with van der Waals surface area (Å²) >= 11 is 0.951. The highest BCUT2D eigenvalue weighted by atomic mass is 32.1. The van der Waals surface area contributed by atoms with Gasteiger partial charge in [-0.05, 0) is 48.5 Å². The molecular formula is C28H23F4NO4S. The number of hydrogen-bond donors (Lipinski definition) is 1. The van der Waals surface area contributed by atoms with Gasteiger partial charge in [-0.1, -0.05) is 18.2 Å². The van der Waals surface area contributed by atoms with Crippen LogP contribution >= 0.6 is 11.3 Å². The van der Waals surface area contributed by atoms with E-state index in [1.54, 1.807) is 30.3 Å². The normalized spacial score (nSPS) is 14.4. The van der Waals surface area contributed by atoms with Crippen LogP contribution in [-0.4, -0.2) is 48.7 Å². The van der Waals surface area contributed by atoms with Crippen molar-refractivity contribution in [3.8, 4) is 23.0 Å². The standard InChI is InChI=1S/C28H23F4NO4S/c29-14-17-15-33(16-17)11-12-36-19-6-8-20(9-7-19)37-26-22-10-5-18(34)13-24(22)38-27(26)25(35)21-3-1-2-4-23(21)28(30,31)32/h1-10,13,17,34H,11-12,14-16H2. The molecule has 198 valence electrons. The number of thiophene rings is 1. The molecule has 5 nitrogen and oxygen atoms in total. The molecule has 0 unspecified atom stereocenters. The number of carbonyl (C=O) groups is 1. The van der Waals surface area contributed by atoms with Crippen LogP contribution in [0.1, 0.15) is 20.8 Å². The average molecular weight is 546 g/mol. The van der Waals surface area contributed by atoms with Crippen molar-refractivity contribution in [1.29, 1.82) is 0 Å². The quantitative estimate of drug-likeness (QED) is 0.183. The van der Waals surface area contributed by atoms with Crippen molar-refractivity contribution in [3.05, 3.63) is 82.7 Å². The minimum absolute atomic E-state index is 0.0104. The first-order valence-corrected chi connectivity index (χ1v) is 12.7. The minimum Gasteiger partial charge on any atom is -0.508 e. The first-order chi connectivity index (χ1) is 18.2. The Kier molecular flexibility index (Phi) is 7.27. The lowest BCUT2D eigenvalue weighted by Gasteiger charge is -2.37. The first-order valence-electron chi connectivity index (χ1n) is 11.9. The van der Waals surface area contributed by atoms with Crippen LogP contribution in [0.4, 0.5) is 17.6 Å². The first kappa shape index (κ1) is 26.0. The molecular weight excluding hydrogens is 522 g/mol. The number of fused-ring (bicyclic) bond motifs is 1. The summed E-state index contributed by atoms with van der Waals surface area (Å²) in [7, 11) is 0. The zero-order valence-electron chi connectivity index (χ0n) is 20.0. The summed E-state index contributed by atoms with van der Waals surface area (Å²) in [6.45, 7) is 2.28. The molecule has 1 saturated heterocycles. The van der Waals surface area contributed by atoms with Gasteiger partial charge in [0, 0.05) is 41.2 Å². The van der Waals surface area contributed by atoms with Crippen molar-refractivity contribution in [1.82, 2.24) is 4.90 Å². The number of alkyl halides is 4. The van der Waals surface area contributed by atoms with Gasteiger partial charge in [0.15, 0.2) is 5.75 Å². The van der Waals surface area contributed by atoms with Gasteiger partial charge in [0.05, 0.1) is 12.2 Å². The third-order valence-corrected chi connectivity index (χ3v) is 7.41. The molecule has 0 saturated carbocycles. The van der Waals surface area contributed by atoms with Crippen molar-refractivity contribution in [3.63, 3.8) is 0 Å². The number of ketones is 1. The highest BCUT2D eigenvalue weighted by Crippen LogP contribution is 2.44. The molecule has 38 heavy (non-hydrogen) atoms. The number of likely N-dealkylation sites (tertiary alicyclic amines) is 1. The fraction of sp³-hybridized carbons (Fsp3) is 0.250. The van der Waals surface area contributed by atoms with Gasteiger partial charge in [-0.2, -0.15) is 13.2 Å². The van der Waals surface area contributed by atoms with Crippen molar-refractivity contribution < 1.29 is 36.9 Å². The van der Waals surface area contributed by atoms with E-state index >= 15 is 0 Å². The molecule has 5 rings (SSSR count). The third kappa shape index (κ3) is 5.46. The van der Waals surface area contributed by atoms with Gasteiger partial charge in [0.1, 0.15) is 28.7 Å². The maximum absolute atomic E-state index is 13.6. The van der Waals surface area contributed by atoms with Crippen LogP contribution < -0.4 is 9.47 Å². The summed E-state index contributed by atoms with van der Waals surface area (Å²) in [5, 5.41) is 10.4. The lowest BCUT2D eigenvalue weighted by atomic mass is 10.0. The number of carbonyl (C=O) groups excluding carboxylic acids is 1. The number of phenols is 1. The van der Waals surface area contributed by atoms with Crippen molar-refractivity contribution >= 4 is 27.2 Å². The molecule has 1 aliphatic heterocycles.